The van der Waals surface area contributed by atoms with Gasteiger partial charge < -0.3 is 9.80 Å². The molecule has 0 saturated heterocycles. The molecular formula is C16H19N3O2. The van der Waals surface area contributed by atoms with E-state index in [1.807, 2.05) is 38.0 Å². The van der Waals surface area contributed by atoms with Crippen molar-refractivity contribution < 1.29 is 4.92 Å². The van der Waals surface area contributed by atoms with Crippen molar-refractivity contribution in [3.8, 4) is 11.1 Å². The van der Waals surface area contributed by atoms with Gasteiger partial charge in [0.2, 0.25) is 0 Å². The average Bonchev–Trinajstić information content (AvgIpc) is 2.46. The van der Waals surface area contributed by atoms with Crippen LogP contribution in [-0.4, -0.2) is 33.1 Å². The Kier molecular flexibility index (Phi) is 4.12. The number of nitro groups is 1. The number of nitro benzene ring substituents is 1. The first kappa shape index (κ1) is 14.8. The summed E-state index contributed by atoms with van der Waals surface area (Å²) in [6, 6.07) is 12.9. The van der Waals surface area contributed by atoms with Crippen LogP contribution in [0.15, 0.2) is 42.5 Å². The maximum atomic E-state index is 10.7. The van der Waals surface area contributed by atoms with E-state index >= 15 is 0 Å². The summed E-state index contributed by atoms with van der Waals surface area (Å²) in [6.07, 6.45) is 0. The SMILES string of the molecule is CN(C)c1cc(-c2ccc([N+](=O)[O-])cc2)cc(N(C)C)c1. The molecule has 0 aliphatic heterocycles. The van der Waals surface area contributed by atoms with Crippen LogP contribution in [0.5, 0.6) is 0 Å². The molecule has 5 nitrogen and oxygen atoms in total. The van der Waals surface area contributed by atoms with Gasteiger partial charge in [0, 0.05) is 51.7 Å². The van der Waals surface area contributed by atoms with E-state index in [1.165, 1.54) is 12.1 Å². The summed E-state index contributed by atoms with van der Waals surface area (Å²) in [6.45, 7) is 0. The van der Waals surface area contributed by atoms with Crippen LogP contribution in [-0.2, 0) is 0 Å². The van der Waals surface area contributed by atoms with Gasteiger partial charge in [-0.2, -0.15) is 0 Å². The molecule has 5 heteroatoms. The summed E-state index contributed by atoms with van der Waals surface area (Å²) < 4.78 is 0. The van der Waals surface area contributed by atoms with E-state index in [0.717, 1.165) is 22.5 Å². The molecule has 2 rings (SSSR count). The molecule has 0 heterocycles. The molecule has 0 unspecified atom stereocenters. The van der Waals surface area contributed by atoms with E-state index in [9.17, 15) is 10.1 Å². The smallest absolute Gasteiger partial charge is 0.269 e. The normalized spacial score (nSPS) is 10.3. The quantitative estimate of drug-likeness (QED) is 0.638. The molecule has 0 bridgehead atoms. The van der Waals surface area contributed by atoms with E-state index in [-0.39, 0.29) is 10.6 Å². The summed E-state index contributed by atoms with van der Waals surface area (Å²) in [4.78, 5) is 14.4. The van der Waals surface area contributed by atoms with Crippen LogP contribution in [0.1, 0.15) is 0 Å². The van der Waals surface area contributed by atoms with Crippen molar-refractivity contribution in [3.63, 3.8) is 0 Å². The highest BCUT2D eigenvalue weighted by molar-refractivity contribution is 5.75. The van der Waals surface area contributed by atoms with Crippen molar-refractivity contribution in [1.82, 2.24) is 0 Å². The Morgan fingerprint density at radius 1 is 0.810 bits per heavy atom. The molecule has 0 saturated carbocycles. The van der Waals surface area contributed by atoms with E-state index in [2.05, 4.69) is 18.2 Å². The number of nitrogens with zero attached hydrogens (tertiary/aromatic N) is 3. The Morgan fingerprint density at radius 2 is 1.29 bits per heavy atom. The summed E-state index contributed by atoms with van der Waals surface area (Å²) in [5, 5.41) is 10.7. The van der Waals surface area contributed by atoms with E-state index in [4.69, 9.17) is 0 Å². The van der Waals surface area contributed by atoms with Crippen LogP contribution in [0.2, 0.25) is 0 Å². The number of anilines is 2. The maximum absolute atomic E-state index is 10.7. The number of rotatable bonds is 4. The van der Waals surface area contributed by atoms with Crippen molar-refractivity contribution in [2.45, 2.75) is 0 Å². The van der Waals surface area contributed by atoms with Gasteiger partial charge in [0.15, 0.2) is 0 Å². The minimum Gasteiger partial charge on any atom is -0.378 e. The van der Waals surface area contributed by atoms with Crippen molar-refractivity contribution >= 4 is 17.1 Å². The number of benzene rings is 2. The van der Waals surface area contributed by atoms with Crippen LogP contribution in [0.25, 0.3) is 11.1 Å². The van der Waals surface area contributed by atoms with Gasteiger partial charge in [-0.1, -0.05) is 0 Å². The van der Waals surface area contributed by atoms with Crippen LogP contribution >= 0.6 is 0 Å². The van der Waals surface area contributed by atoms with Crippen LogP contribution in [0.4, 0.5) is 17.1 Å². The molecule has 2 aromatic rings. The Labute approximate surface area is 124 Å². The molecule has 0 N–H and O–H groups in total. The highest BCUT2D eigenvalue weighted by atomic mass is 16.6. The minimum atomic E-state index is -0.384. The predicted molar refractivity (Wildman–Crippen MR) is 87.2 cm³/mol. The monoisotopic (exact) mass is 285 g/mol. The zero-order valence-corrected chi connectivity index (χ0v) is 12.7. The number of non-ortho nitro benzene ring substituents is 1. The second-order valence-corrected chi connectivity index (χ2v) is 5.33. The van der Waals surface area contributed by atoms with Gasteiger partial charge in [-0.25, -0.2) is 0 Å². The maximum Gasteiger partial charge on any atom is 0.269 e. The van der Waals surface area contributed by atoms with Gasteiger partial charge >= 0.3 is 0 Å². The third-order valence-electron chi connectivity index (χ3n) is 3.35. The Balaban J connectivity index is 2.49. The van der Waals surface area contributed by atoms with Crippen LogP contribution < -0.4 is 9.80 Å². The van der Waals surface area contributed by atoms with E-state index in [1.54, 1.807) is 12.1 Å². The highest BCUT2D eigenvalue weighted by Gasteiger charge is 2.09. The molecule has 0 aliphatic carbocycles. The van der Waals surface area contributed by atoms with E-state index < -0.39 is 0 Å². The number of hydrogen-bond donors (Lipinski definition) is 0. The summed E-state index contributed by atoms with van der Waals surface area (Å²) in [5.74, 6) is 0. The first-order chi connectivity index (χ1) is 9.88. The van der Waals surface area contributed by atoms with Gasteiger partial charge in [-0.05, 0) is 41.5 Å². The van der Waals surface area contributed by atoms with Crippen LogP contribution in [0.3, 0.4) is 0 Å². The fraction of sp³-hybridized carbons (Fsp3) is 0.250. The highest BCUT2D eigenvalue weighted by Crippen LogP contribution is 2.30. The second-order valence-electron chi connectivity index (χ2n) is 5.33. The summed E-state index contributed by atoms with van der Waals surface area (Å²) in [7, 11) is 7.98. The third-order valence-corrected chi connectivity index (χ3v) is 3.35. The van der Waals surface area contributed by atoms with E-state index in [0.29, 0.717) is 0 Å². The fourth-order valence-electron chi connectivity index (χ4n) is 2.05. The largest absolute Gasteiger partial charge is 0.378 e. The average molecular weight is 285 g/mol. The molecule has 0 amide bonds. The molecule has 2 aromatic carbocycles. The molecule has 0 radical (unpaired) electrons. The van der Waals surface area contributed by atoms with Crippen molar-refractivity contribution in [1.29, 1.82) is 0 Å². The molecule has 0 fully saturated rings. The van der Waals surface area contributed by atoms with Gasteiger partial charge in [0.25, 0.3) is 5.69 Å². The molecule has 0 atom stereocenters. The third kappa shape index (κ3) is 3.31. The lowest BCUT2D eigenvalue weighted by molar-refractivity contribution is -0.384. The first-order valence-electron chi connectivity index (χ1n) is 6.63. The van der Waals surface area contributed by atoms with Gasteiger partial charge in [0.05, 0.1) is 4.92 Å². The molecule has 21 heavy (non-hydrogen) atoms. The summed E-state index contributed by atoms with van der Waals surface area (Å²) >= 11 is 0. The molecule has 0 aliphatic rings. The van der Waals surface area contributed by atoms with Gasteiger partial charge in [0.1, 0.15) is 0 Å². The lowest BCUT2D eigenvalue weighted by Crippen LogP contribution is -2.12. The predicted octanol–water partition coefficient (Wildman–Crippen LogP) is 3.39. The van der Waals surface area contributed by atoms with Gasteiger partial charge in [-0.15, -0.1) is 0 Å². The van der Waals surface area contributed by atoms with Gasteiger partial charge in [-0.3, -0.25) is 10.1 Å². The lowest BCUT2D eigenvalue weighted by Gasteiger charge is -2.20. The first-order valence-corrected chi connectivity index (χ1v) is 6.63. The summed E-state index contributed by atoms with van der Waals surface area (Å²) in [5.41, 5.74) is 4.30. The molecule has 0 aromatic heterocycles. The molecule has 0 spiro atoms. The van der Waals surface area contributed by atoms with Crippen molar-refractivity contribution in [2.75, 3.05) is 38.0 Å². The molecule has 110 valence electrons. The van der Waals surface area contributed by atoms with Crippen molar-refractivity contribution in [2.24, 2.45) is 0 Å². The fourth-order valence-corrected chi connectivity index (χ4v) is 2.05. The zero-order valence-electron chi connectivity index (χ0n) is 12.7. The minimum absolute atomic E-state index is 0.107. The Hall–Kier alpha value is -2.56. The van der Waals surface area contributed by atoms with Crippen molar-refractivity contribution in [3.05, 3.63) is 52.6 Å². The Morgan fingerprint density at radius 3 is 1.67 bits per heavy atom. The Bertz CT molecular complexity index is 623. The zero-order chi connectivity index (χ0) is 15.6. The molecular weight excluding hydrogens is 266 g/mol. The lowest BCUT2D eigenvalue weighted by atomic mass is 10.0. The standard InChI is InChI=1S/C16H19N3O2/c1-17(2)15-9-13(10-16(11-15)18(3)4)12-5-7-14(8-6-12)19(20)21/h5-11H,1-4H3. The number of hydrogen-bond acceptors (Lipinski definition) is 4. The van der Waals surface area contributed by atoms with Crippen LogP contribution in [0, 0.1) is 10.1 Å². The second kappa shape index (κ2) is 5.83. The topological polar surface area (TPSA) is 49.6 Å².